The molecule has 0 radical (unpaired) electrons. The van der Waals surface area contributed by atoms with Crippen molar-refractivity contribution in [2.24, 2.45) is 0 Å². The van der Waals surface area contributed by atoms with E-state index in [0.29, 0.717) is 0 Å². The fourth-order valence-electron chi connectivity index (χ4n) is 0. The molecule has 0 atom stereocenters. The summed E-state index contributed by atoms with van der Waals surface area (Å²) in [4.78, 5) is 21.6. The maximum atomic E-state index is 8.88. The normalized spacial score (nSPS) is 7.38. The largest absolute Gasteiger partial charge is 2.00 e. The molecule has 0 rings (SSSR count). The Labute approximate surface area is 114 Å². The Kier molecular flexibility index (Phi) is 28.0. The van der Waals surface area contributed by atoms with Crippen LogP contribution in [0.4, 0.5) is 0 Å². The van der Waals surface area contributed by atoms with Gasteiger partial charge in [-0.1, -0.05) is 0 Å². The van der Waals surface area contributed by atoms with Gasteiger partial charge in [-0.2, -0.15) is 0 Å². The molecule has 0 saturated carbocycles. The summed E-state index contributed by atoms with van der Waals surface area (Å²) in [6.45, 7) is 0. The second-order valence-corrected chi connectivity index (χ2v) is 1.54. The molecule has 44 valence electrons. The standard InChI is InChI=1S/Ca.H3O4P.Ti.Zr.2H/c;1-5(2,3)4;;;;/h;(H3,1,2,3,4);;;;/q+2;;;;2*-1. The molecule has 0 aliphatic carbocycles. The second kappa shape index (κ2) is 9.97. The van der Waals surface area contributed by atoms with Crippen LogP contribution < -0.4 is 0 Å². The Morgan fingerprint density at radius 1 is 1.25 bits per heavy atom. The van der Waals surface area contributed by atoms with E-state index in [1.807, 2.05) is 0 Å². The summed E-state index contributed by atoms with van der Waals surface area (Å²) >= 11 is 0. The summed E-state index contributed by atoms with van der Waals surface area (Å²) in [6.07, 6.45) is 0. The van der Waals surface area contributed by atoms with Crippen molar-refractivity contribution in [3.63, 3.8) is 0 Å². The monoisotopic (exact) mass is 278 g/mol. The predicted molar refractivity (Wildman–Crippen MR) is 22.2 cm³/mol. The number of rotatable bonds is 0. The zero-order chi connectivity index (χ0) is 4.50. The van der Waals surface area contributed by atoms with Crippen molar-refractivity contribution in [1.82, 2.24) is 0 Å². The van der Waals surface area contributed by atoms with Gasteiger partial charge >= 0.3 is 45.6 Å². The quantitative estimate of drug-likeness (QED) is 0.389. The maximum Gasteiger partial charge on any atom is 2.00 e. The Morgan fingerprint density at radius 2 is 1.25 bits per heavy atom. The van der Waals surface area contributed by atoms with E-state index in [0.717, 1.165) is 0 Å². The first-order valence-electron chi connectivity index (χ1n) is 0.783. The molecule has 0 saturated heterocycles. The van der Waals surface area contributed by atoms with E-state index in [1.165, 1.54) is 0 Å². The van der Waals surface area contributed by atoms with Crippen molar-refractivity contribution in [2.75, 3.05) is 0 Å². The number of hydrogen-bond acceptors (Lipinski definition) is 1. The average molecular weight is 279 g/mol. The van der Waals surface area contributed by atoms with Gasteiger partial charge in [0.2, 0.25) is 0 Å². The van der Waals surface area contributed by atoms with Crippen molar-refractivity contribution < 1.29 is 70.0 Å². The van der Waals surface area contributed by atoms with Gasteiger partial charge in [0.05, 0.1) is 0 Å². The summed E-state index contributed by atoms with van der Waals surface area (Å²) in [7, 11) is -4.64. The first-order chi connectivity index (χ1) is 2.00. The first kappa shape index (κ1) is 22.4. The molecule has 8 heavy (non-hydrogen) atoms. The Hall–Kier alpha value is 2.97. The summed E-state index contributed by atoms with van der Waals surface area (Å²) in [5.41, 5.74) is 0. The molecule has 4 nitrogen and oxygen atoms in total. The molecule has 0 aromatic carbocycles. The molecule has 0 aromatic rings. The van der Waals surface area contributed by atoms with Gasteiger partial charge in [0, 0.05) is 47.9 Å². The molecule has 8 heteroatoms. The molecule has 3 N–H and O–H groups in total. The molecule has 0 aliphatic heterocycles. The zero-order valence-corrected chi connectivity index (χ0v) is 11.0. The molecular formula is H5CaO4PTiZr. The molecule has 0 aliphatic rings. The molecule has 0 fully saturated rings. The fraction of sp³-hybridized carbons (Fsp3) is 0. The summed E-state index contributed by atoms with van der Waals surface area (Å²) in [6, 6.07) is 0. The second-order valence-electron chi connectivity index (χ2n) is 0.513. The minimum Gasteiger partial charge on any atom is -1.00 e. The molecule has 0 spiro atoms. The van der Waals surface area contributed by atoms with Gasteiger partial charge in [0.1, 0.15) is 0 Å². The van der Waals surface area contributed by atoms with Gasteiger partial charge < -0.3 is 17.5 Å². The number of hydrogen-bond donors (Lipinski definition) is 3. The van der Waals surface area contributed by atoms with Crippen LogP contribution in [0.25, 0.3) is 0 Å². The molecule has 0 unspecified atom stereocenters. The van der Waals surface area contributed by atoms with E-state index < -0.39 is 7.82 Å². The van der Waals surface area contributed by atoms with Crippen molar-refractivity contribution in [1.29, 1.82) is 0 Å². The van der Waals surface area contributed by atoms with Crippen LogP contribution in [0.3, 0.4) is 0 Å². The van der Waals surface area contributed by atoms with Crippen molar-refractivity contribution in [3.8, 4) is 0 Å². The van der Waals surface area contributed by atoms with Crippen molar-refractivity contribution >= 4 is 45.6 Å². The van der Waals surface area contributed by atoms with Gasteiger partial charge in [0.25, 0.3) is 0 Å². The van der Waals surface area contributed by atoms with Crippen LogP contribution in [-0.4, -0.2) is 52.4 Å². The number of phosphoric acid groups is 1. The smallest absolute Gasteiger partial charge is 1.00 e. The minimum atomic E-state index is -4.64. The Bertz CT molecular complexity index is 69.4. The van der Waals surface area contributed by atoms with E-state index >= 15 is 0 Å². The van der Waals surface area contributed by atoms with Gasteiger partial charge in [-0.05, 0) is 0 Å². The molecular weight excluding hydrogens is 274 g/mol. The third kappa shape index (κ3) is 64.7. The SMILES string of the molecule is O=P(O)(O)O.[Ca+2].[H-].[H-].[Ti].[Zr]. The van der Waals surface area contributed by atoms with E-state index in [-0.39, 0.29) is 88.5 Å². The van der Waals surface area contributed by atoms with E-state index in [9.17, 15) is 0 Å². The minimum absolute atomic E-state index is 0. The summed E-state index contributed by atoms with van der Waals surface area (Å²) < 4.78 is 8.88. The molecule has 0 amide bonds. The van der Waals surface area contributed by atoms with Crippen LogP contribution in [0.15, 0.2) is 0 Å². The van der Waals surface area contributed by atoms with Crippen molar-refractivity contribution in [2.45, 2.75) is 0 Å². The van der Waals surface area contributed by atoms with Crippen LogP contribution in [0.2, 0.25) is 0 Å². The Morgan fingerprint density at radius 3 is 1.25 bits per heavy atom. The van der Waals surface area contributed by atoms with Crippen LogP contribution >= 0.6 is 7.82 Å². The molecule has 0 aromatic heterocycles. The molecule has 0 bridgehead atoms. The average Bonchev–Trinajstić information content (AvgIpc) is 0.722. The van der Waals surface area contributed by atoms with Gasteiger partial charge in [0.15, 0.2) is 0 Å². The fourth-order valence-corrected chi connectivity index (χ4v) is 0. The topological polar surface area (TPSA) is 77.8 Å². The van der Waals surface area contributed by atoms with Crippen LogP contribution in [0.1, 0.15) is 2.85 Å². The third-order valence-electron chi connectivity index (χ3n) is 0. The van der Waals surface area contributed by atoms with Gasteiger partial charge in [-0.3, -0.25) is 0 Å². The van der Waals surface area contributed by atoms with E-state index in [1.54, 1.807) is 0 Å². The summed E-state index contributed by atoms with van der Waals surface area (Å²) in [5, 5.41) is 0. The molecule has 0 heterocycles. The first-order valence-corrected chi connectivity index (χ1v) is 2.35. The van der Waals surface area contributed by atoms with Crippen LogP contribution in [0.5, 0.6) is 0 Å². The summed E-state index contributed by atoms with van der Waals surface area (Å²) in [5.74, 6) is 0. The van der Waals surface area contributed by atoms with Crippen LogP contribution in [-0.2, 0) is 52.5 Å². The predicted octanol–water partition coefficient (Wildman–Crippen LogP) is -1.09. The van der Waals surface area contributed by atoms with E-state index in [2.05, 4.69) is 0 Å². The Balaban J connectivity index is -0.00000000800. The maximum absolute atomic E-state index is 8.88. The zero-order valence-electron chi connectivity index (χ0n) is 5.90. The van der Waals surface area contributed by atoms with Gasteiger partial charge in [-0.25, -0.2) is 4.57 Å². The van der Waals surface area contributed by atoms with Crippen LogP contribution in [0, 0.1) is 0 Å². The van der Waals surface area contributed by atoms with Gasteiger partial charge in [-0.15, -0.1) is 0 Å². The van der Waals surface area contributed by atoms with Crippen molar-refractivity contribution in [3.05, 3.63) is 0 Å². The van der Waals surface area contributed by atoms with E-state index in [4.69, 9.17) is 19.2 Å². The third-order valence-corrected chi connectivity index (χ3v) is 0.